The first kappa shape index (κ1) is 19.8. The molecule has 0 aliphatic carbocycles. The number of pyridine rings is 1. The molecular weight excluding hydrogens is 385 g/mol. The van der Waals surface area contributed by atoms with Crippen molar-refractivity contribution in [1.82, 2.24) is 4.98 Å². The summed E-state index contributed by atoms with van der Waals surface area (Å²) < 4.78 is 5.59. The Morgan fingerprint density at radius 1 is 1.15 bits per heavy atom. The molecule has 1 aromatic carbocycles. The number of halogens is 2. The van der Waals surface area contributed by atoms with Crippen LogP contribution in [0, 0.1) is 0 Å². The molecule has 1 saturated heterocycles. The first-order chi connectivity index (χ1) is 13.1. The van der Waals surface area contributed by atoms with Gasteiger partial charge in [-0.15, -0.1) is 0 Å². The van der Waals surface area contributed by atoms with Crippen molar-refractivity contribution < 1.29 is 9.53 Å². The van der Waals surface area contributed by atoms with E-state index < -0.39 is 0 Å². The lowest BCUT2D eigenvalue weighted by atomic mass is 10.1. The molecule has 0 atom stereocenters. The van der Waals surface area contributed by atoms with Crippen LogP contribution in [-0.4, -0.2) is 30.6 Å². The Morgan fingerprint density at radius 3 is 2.67 bits per heavy atom. The Morgan fingerprint density at radius 2 is 1.96 bits per heavy atom. The first-order valence-corrected chi connectivity index (χ1v) is 9.96. The van der Waals surface area contributed by atoms with E-state index in [0.29, 0.717) is 40.9 Å². The fourth-order valence-corrected chi connectivity index (χ4v) is 3.46. The van der Waals surface area contributed by atoms with Crippen molar-refractivity contribution in [1.29, 1.82) is 0 Å². The number of rotatable bonds is 7. The van der Waals surface area contributed by atoms with Gasteiger partial charge in [0.15, 0.2) is 0 Å². The predicted molar refractivity (Wildman–Crippen MR) is 110 cm³/mol. The van der Waals surface area contributed by atoms with Gasteiger partial charge in [-0.1, -0.05) is 23.2 Å². The molecule has 1 aliphatic heterocycles. The van der Waals surface area contributed by atoms with Crippen molar-refractivity contribution in [2.75, 3.05) is 29.9 Å². The number of benzene rings is 1. The topological polar surface area (TPSA) is 54.5 Å². The third-order valence-electron chi connectivity index (χ3n) is 4.41. The first-order valence-electron chi connectivity index (χ1n) is 9.20. The van der Waals surface area contributed by atoms with Crippen LogP contribution in [0.2, 0.25) is 10.0 Å². The Bertz CT molecular complexity index is 762. The molecule has 1 aromatic heterocycles. The standard InChI is InChI=1S/C20H23Cl2N3O2/c21-15-6-8-18(17(22)13-15)27-12-4-5-20(26)24-16-7-9-19(23-14-16)25-10-2-1-3-11-25/h6-9,13-14H,1-5,10-12H2,(H,24,26). The summed E-state index contributed by atoms with van der Waals surface area (Å²) in [5, 5.41) is 3.90. The van der Waals surface area contributed by atoms with Gasteiger partial charge >= 0.3 is 0 Å². The number of hydrogen-bond donors (Lipinski definition) is 1. The molecule has 0 saturated carbocycles. The van der Waals surface area contributed by atoms with Gasteiger partial charge in [-0.3, -0.25) is 4.79 Å². The Balaban J connectivity index is 1.40. The summed E-state index contributed by atoms with van der Waals surface area (Å²) >= 11 is 11.9. The Labute approximate surface area is 169 Å². The number of ether oxygens (including phenoxy) is 1. The van der Waals surface area contributed by atoms with E-state index in [0.717, 1.165) is 18.9 Å². The second-order valence-corrected chi connectivity index (χ2v) is 7.37. The van der Waals surface area contributed by atoms with Crippen LogP contribution >= 0.6 is 23.2 Å². The van der Waals surface area contributed by atoms with Crippen LogP contribution < -0.4 is 15.0 Å². The summed E-state index contributed by atoms with van der Waals surface area (Å²) in [6, 6.07) is 8.94. The van der Waals surface area contributed by atoms with Crippen molar-refractivity contribution in [2.24, 2.45) is 0 Å². The van der Waals surface area contributed by atoms with Crippen LogP contribution in [0.3, 0.4) is 0 Å². The molecule has 1 aliphatic rings. The molecule has 0 radical (unpaired) electrons. The maximum absolute atomic E-state index is 12.1. The number of amides is 1. The summed E-state index contributed by atoms with van der Waals surface area (Å²) in [4.78, 5) is 18.8. The van der Waals surface area contributed by atoms with E-state index in [1.165, 1.54) is 19.3 Å². The SMILES string of the molecule is O=C(CCCOc1ccc(Cl)cc1Cl)Nc1ccc(N2CCCCC2)nc1. The highest BCUT2D eigenvalue weighted by molar-refractivity contribution is 6.35. The second-order valence-electron chi connectivity index (χ2n) is 6.53. The third-order valence-corrected chi connectivity index (χ3v) is 4.94. The molecule has 3 rings (SSSR count). The van der Waals surface area contributed by atoms with Crippen molar-refractivity contribution >= 4 is 40.6 Å². The number of carbonyl (C=O) groups excluding carboxylic acids is 1. The minimum atomic E-state index is -0.0617. The van der Waals surface area contributed by atoms with Crippen LogP contribution in [0.5, 0.6) is 5.75 Å². The van der Waals surface area contributed by atoms with Crippen LogP contribution in [-0.2, 0) is 4.79 Å². The van der Waals surface area contributed by atoms with Gasteiger partial charge in [0.05, 0.1) is 23.5 Å². The van der Waals surface area contributed by atoms with Gasteiger partial charge in [0.1, 0.15) is 11.6 Å². The molecule has 0 unspecified atom stereocenters. The predicted octanol–water partition coefficient (Wildman–Crippen LogP) is 5.18. The smallest absolute Gasteiger partial charge is 0.224 e. The summed E-state index contributed by atoms with van der Waals surface area (Å²) in [5.74, 6) is 1.48. The number of nitrogens with zero attached hydrogens (tertiary/aromatic N) is 2. The van der Waals surface area contributed by atoms with Crippen LogP contribution in [0.1, 0.15) is 32.1 Å². The van der Waals surface area contributed by atoms with Gasteiger partial charge < -0.3 is 15.0 Å². The molecule has 2 heterocycles. The molecule has 0 spiro atoms. The molecule has 144 valence electrons. The number of anilines is 2. The number of carbonyl (C=O) groups is 1. The third kappa shape index (κ3) is 6.01. The summed E-state index contributed by atoms with van der Waals surface area (Å²) in [7, 11) is 0. The number of nitrogens with one attached hydrogen (secondary N) is 1. The largest absolute Gasteiger partial charge is 0.492 e. The molecule has 0 bridgehead atoms. The van der Waals surface area contributed by atoms with E-state index >= 15 is 0 Å². The molecule has 7 heteroatoms. The van der Waals surface area contributed by atoms with Gasteiger partial charge in [-0.25, -0.2) is 4.98 Å². The van der Waals surface area contributed by atoms with Gasteiger partial charge in [-0.05, 0) is 56.0 Å². The van der Waals surface area contributed by atoms with Gasteiger partial charge in [0.2, 0.25) is 5.91 Å². The zero-order chi connectivity index (χ0) is 19.1. The highest BCUT2D eigenvalue weighted by Crippen LogP contribution is 2.27. The summed E-state index contributed by atoms with van der Waals surface area (Å²) in [6.07, 6.45) is 6.38. The second kappa shape index (κ2) is 9.81. The maximum atomic E-state index is 12.1. The maximum Gasteiger partial charge on any atom is 0.224 e. The highest BCUT2D eigenvalue weighted by atomic mass is 35.5. The van der Waals surface area contributed by atoms with Crippen molar-refractivity contribution in [3.63, 3.8) is 0 Å². The number of aromatic nitrogens is 1. The molecule has 27 heavy (non-hydrogen) atoms. The van der Waals surface area contributed by atoms with Crippen LogP contribution in [0.25, 0.3) is 0 Å². The summed E-state index contributed by atoms with van der Waals surface area (Å²) in [6.45, 7) is 2.51. The van der Waals surface area contributed by atoms with Gasteiger partial charge in [0.25, 0.3) is 0 Å². The zero-order valence-corrected chi connectivity index (χ0v) is 16.6. The van der Waals surface area contributed by atoms with Crippen LogP contribution in [0.4, 0.5) is 11.5 Å². The molecule has 1 fully saturated rings. The molecule has 2 aromatic rings. The van der Waals surface area contributed by atoms with E-state index in [1.54, 1.807) is 24.4 Å². The lowest BCUT2D eigenvalue weighted by Gasteiger charge is -2.27. The normalized spacial score (nSPS) is 14.1. The van der Waals surface area contributed by atoms with Crippen molar-refractivity contribution in [2.45, 2.75) is 32.1 Å². The molecular formula is C20H23Cl2N3O2. The number of piperidine rings is 1. The minimum absolute atomic E-state index is 0.0617. The molecule has 1 amide bonds. The van der Waals surface area contributed by atoms with Crippen LogP contribution in [0.15, 0.2) is 36.5 Å². The number of hydrogen-bond acceptors (Lipinski definition) is 4. The highest BCUT2D eigenvalue weighted by Gasteiger charge is 2.12. The van der Waals surface area contributed by atoms with E-state index in [1.807, 2.05) is 12.1 Å². The summed E-state index contributed by atoms with van der Waals surface area (Å²) in [5.41, 5.74) is 0.711. The lowest BCUT2D eigenvalue weighted by Crippen LogP contribution is -2.30. The quantitative estimate of drug-likeness (QED) is 0.642. The van der Waals surface area contributed by atoms with Crippen molar-refractivity contribution in [3.8, 4) is 5.75 Å². The average molecular weight is 408 g/mol. The average Bonchev–Trinajstić information content (AvgIpc) is 2.68. The molecule has 1 N–H and O–H groups in total. The lowest BCUT2D eigenvalue weighted by molar-refractivity contribution is -0.116. The zero-order valence-electron chi connectivity index (χ0n) is 15.1. The fourth-order valence-electron chi connectivity index (χ4n) is 3.00. The van der Waals surface area contributed by atoms with E-state index in [4.69, 9.17) is 27.9 Å². The Hall–Kier alpha value is -1.98. The monoisotopic (exact) mass is 407 g/mol. The Kier molecular flexibility index (Phi) is 7.18. The van der Waals surface area contributed by atoms with Gasteiger partial charge in [0, 0.05) is 24.5 Å². The van der Waals surface area contributed by atoms with E-state index in [9.17, 15) is 4.79 Å². The minimum Gasteiger partial charge on any atom is -0.492 e. The van der Waals surface area contributed by atoms with Gasteiger partial charge in [-0.2, -0.15) is 0 Å². The molecule has 5 nitrogen and oxygen atoms in total. The van der Waals surface area contributed by atoms with Crippen molar-refractivity contribution in [3.05, 3.63) is 46.6 Å². The fraction of sp³-hybridized carbons (Fsp3) is 0.400. The van der Waals surface area contributed by atoms with E-state index in [2.05, 4.69) is 15.2 Å². The van der Waals surface area contributed by atoms with E-state index in [-0.39, 0.29) is 5.91 Å².